The smallest absolute Gasteiger partial charge is 0.0518 e. The van der Waals surface area contributed by atoms with E-state index in [1.165, 1.54) is 5.56 Å². The van der Waals surface area contributed by atoms with Crippen LogP contribution in [0.1, 0.15) is 43.6 Å². The van der Waals surface area contributed by atoms with Crippen LogP contribution in [0, 0.1) is 0 Å². The van der Waals surface area contributed by atoms with Crippen molar-refractivity contribution in [2.45, 2.75) is 32.4 Å². The van der Waals surface area contributed by atoms with Crippen LogP contribution >= 0.6 is 15.9 Å². The van der Waals surface area contributed by atoms with Crippen molar-refractivity contribution in [1.82, 2.24) is 15.5 Å². The van der Waals surface area contributed by atoms with E-state index in [0.717, 1.165) is 16.6 Å². The lowest BCUT2D eigenvalue weighted by molar-refractivity contribution is 0.449. The van der Waals surface area contributed by atoms with Crippen LogP contribution in [0.25, 0.3) is 0 Å². The van der Waals surface area contributed by atoms with Crippen LogP contribution in [-0.2, 0) is 0 Å². The second kappa shape index (κ2) is 6.16. The van der Waals surface area contributed by atoms with E-state index in [2.05, 4.69) is 69.6 Å². The topological polar surface area (TPSA) is 40.7 Å². The molecule has 1 aromatic heterocycles. The van der Waals surface area contributed by atoms with Gasteiger partial charge >= 0.3 is 0 Å². The molecule has 0 spiro atoms. The van der Waals surface area contributed by atoms with Gasteiger partial charge in [-0.25, -0.2) is 0 Å². The van der Waals surface area contributed by atoms with Crippen LogP contribution < -0.4 is 5.32 Å². The van der Waals surface area contributed by atoms with Crippen molar-refractivity contribution in [1.29, 1.82) is 0 Å². The van der Waals surface area contributed by atoms with E-state index < -0.39 is 0 Å². The van der Waals surface area contributed by atoms with E-state index >= 15 is 0 Å². The van der Waals surface area contributed by atoms with Gasteiger partial charge in [0, 0.05) is 22.8 Å². The van der Waals surface area contributed by atoms with E-state index in [1.54, 1.807) is 6.20 Å². The lowest BCUT2D eigenvalue weighted by Crippen LogP contribution is -2.24. The number of hydrogen-bond acceptors (Lipinski definition) is 2. The van der Waals surface area contributed by atoms with Gasteiger partial charge < -0.3 is 5.32 Å². The van der Waals surface area contributed by atoms with Crippen LogP contribution in [0.15, 0.2) is 41.0 Å². The van der Waals surface area contributed by atoms with E-state index in [9.17, 15) is 0 Å². The molecule has 2 atom stereocenters. The summed E-state index contributed by atoms with van der Waals surface area (Å²) in [5.41, 5.74) is 2.43. The number of aromatic amines is 1. The normalized spacial score (nSPS) is 14.4. The van der Waals surface area contributed by atoms with Gasteiger partial charge in [-0.3, -0.25) is 5.10 Å². The fourth-order valence-electron chi connectivity index (χ4n) is 2.04. The molecule has 3 nitrogen and oxygen atoms in total. The molecule has 18 heavy (non-hydrogen) atoms. The molecule has 0 amide bonds. The Morgan fingerprint density at radius 1 is 1.28 bits per heavy atom. The minimum atomic E-state index is 0.265. The fraction of sp³-hybridized carbons (Fsp3) is 0.357. The Bertz CT molecular complexity index is 464. The molecule has 2 rings (SSSR count). The van der Waals surface area contributed by atoms with Crippen LogP contribution in [0.3, 0.4) is 0 Å². The number of nitrogens with zero attached hydrogens (tertiary/aromatic N) is 1. The minimum Gasteiger partial charge on any atom is -0.302 e. The van der Waals surface area contributed by atoms with E-state index in [0.29, 0.717) is 6.04 Å². The predicted molar refractivity (Wildman–Crippen MR) is 77.3 cm³/mol. The zero-order chi connectivity index (χ0) is 13.0. The van der Waals surface area contributed by atoms with Gasteiger partial charge in [0.25, 0.3) is 0 Å². The first-order chi connectivity index (χ1) is 8.70. The number of benzene rings is 1. The Balaban J connectivity index is 2.07. The summed E-state index contributed by atoms with van der Waals surface area (Å²) < 4.78 is 1.11. The van der Waals surface area contributed by atoms with Crippen molar-refractivity contribution in [2.24, 2.45) is 0 Å². The quantitative estimate of drug-likeness (QED) is 0.877. The highest BCUT2D eigenvalue weighted by Gasteiger charge is 2.14. The standard InChI is InChI=1S/C14H18BrN3/c1-3-13(11-4-6-12(15)7-5-11)17-10(2)14-8-9-16-18-14/h4-10,13,17H,3H2,1-2H3,(H,16,18). The molecular formula is C14H18BrN3. The zero-order valence-corrected chi connectivity index (χ0v) is 12.2. The molecule has 0 bridgehead atoms. The number of rotatable bonds is 5. The van der Waals surface area contributed by atoms with Gasteiger partial charge in [0.1, 0.15) is 0 Å². The lowest BCUT2D eigenvalue weighted by Gasteiger charge is -2.22. The maximum Gasteiger partial charge on any atom is 0.0518 e. The number of halogens is 1. The number of nitrogens with one attached hydrogen (secondary N) is 2. The van der Waals surface area contributed by atoms with Crippen LogP contribution in [0.4, 0.5) is 0 Å². The average Bonchev–Trinajstić information content (AvgIpc) is 2.91. The zero-order valence-electron chi connectivity index (χ0n) is 10.7. The molecule has 0 aliphatic heterocycles. The monoisotopic (exact) mass is 307 g/mol. The van der Waals surface area contributed by atoms with Crippen molar-refractivity contribution in [3.05, 3.63) is 52.3 Å². The largest absolute Gasteiger partial charge is 0.302 e. The third-order valence-corrected chi connectivity index (χ3v) is 3.65. The maximum absolute atomic E-state index is 3.99. The summed E-state index contributed by atoms with van der Waals surface area (Å²) in [6.07, 6.45) is 2.84. The van der Waals surface area contributed by atoms with Crippen LogP contribution in [0.5, 0.6) is 0 Å². The Morgan fingerprint density at radius 3 is 2.56 bits per heavy atom. The van der Waals surface area contributed by atoms with E-state index in [4.69, 9.17) is 0 Å². The summed E-state index contributed by atoms with van der Waals surface area (Å²) >= 11 is 3.47. The molecule has 0 saturated carbocycles. The summed E-state index contributed by atoms with van der Waals surface area (Å²) in [5.74, 6) is 0. The van der Waals surface area contributed by atoms with Gasteiger partial charge in [0.2, 0.25) is 0 Å². The maximum atomic E-state index is 3.99. The number of H-pyrrole nitrogens is 1. The average molecular weight is 308 g/mol. The van der Waals surface area contributed by atoms with Gasteiger partial charge in [0.15, 0.2) is 0 Å². The predicted octanol–water partition coefficient (Wildman–Crippen LogP) is 3.97. The van der Waals surface area contributed by atoms with E-state index in [-0.39, 0.29) is 6.04 Å². The molecule has 2 unspecified atom stereocenters. The molecule has 1 aromatic carbocycles. The van der Waals surface area contributed by atoms with Gasteiger partial charge in [-0.2, -0.15) is 5.10 Å². The first-order valence-electron chi connectivity index (χ1n) is 6.21. The van der Waals surface area contributed by atoms with Crippen molar-refractivity contribution >= 4 is 15.9 Å². The highest BCUT2D eigenvalue weighted by Crippen LogP contribution is 2.22. The first-order valence-corrected chi connectivity index (χ1v) is 7.00. The third-order valence-electron chi connectivity index (χ3n) is 3.12. The molecule has 2 aromatic rings. The molecular weight excluding hydrogens is 290 g/mol. The Labute approximate surface area is 116 Å². The summed E-state index contributed by atoms with van der Waals surface area (Å²) in [4.78, 5) is 0. The van der Waals surface area contributed by atoms with Gasteiger partial charge in [-0.05, 0) is 37.1 Å². The summed E-state index contributed by atoms with van der Waals surface area (Å²) in [6, 6.07) is 11.1. The number of hydrogen-bond donors (Lipinski definition) is 2. The minimum absolute atomic E-state index is 0.265. The molecule has 0 aliphatic rings. The summed E-state index contributed by atoms with van der Waals surface area (Å²) in [5, 5.41) is 10.6. The SMILES string of the molecule is CCC(NC(C)c1ccn[nH]1)c1ccc(Br)cc1. The second-order valence-electron chi connectivity index (χ2n) is 4.41. The summed E-state index contributed by atoms with van der Waals surface area (Å²) in [6.45, 7) is 4.34. The Hall–Kier alpha value is -1.13. The summed E-state index contributed by atoms with van der Waals surface area (Å²) in [7, 11) is 0. The first kappa shape index (κ1) is 13.3. The molecule has 0 aliphatic carbocycles. The number of aromatic nitrogens is 2. The Morgan fingerprint density at radius 2 is 2.00 bits per heavy atom. The highest BCUT2D eigenvalue weighted by molar-refractivity contribution is 9.10. The fourth-order valence-corrected chi connectivity index (χ4v) is 2.31. The van der Waals surface area contributed by atoms with Crippen LogP contribution in [-0.4, -0.2) is 10.2 Å². The van der Waals surface area contributed by atoms with Crippen molar-refractivity contribution in [3.63, 3.8) is 0 Å². The lowest BCUT2D eigenvalue weighted by atomic mass is 10.0. The molecule has 96 valence electrons. The molecule has 2 N–H and O–H groups in total. The van der Waals surface area contributed by atoms with Crippen molar-refractivity contribution in [2.75, 3.05) is 0 Å². The molecule has 0 fully saturated rings. The van der Waals surface area contributed by atoms with Gasteiger partial charge in [-0.15, -0.1) is 0 Å². The highest BCUT2D eigenvalue weighted by atomic mass is 79.9. The van der Waals surface area contributed by atoms with Crippen molar-refractivity contribution in [3.8, 4) is 0 Å². The molecule has 0 saturated heterocycles. The van der Waals surface area contributed by atoms with Gasteiger partial charge in [-0.1, -0.05) is 35.0 Å². The van der Waals surface area contributed by atoms with Crippen molar-refractivity contribution < 1.29 is 0 Å². The second-order valence-corrected chi connectivity index (χ2v) is 5.33. The van der Waals surface area contributed by atoms with E-state index in [1.807, 2.05) is 6.07 Å². The van der Waals surface area contributed by atoms with Gasteiger partial charge in [0.05, 0.1) is 5.69 Å². The Kier molecular flexibility index (Phi) is 4.55. The third kappa shape index (κ3) is 3.21. The molecule has 4 heteroatoms. The molecule has 0 radical (unpaired) electrons. The van der Waals surface area contributed by atoms with Crippen LogP contribution in [0.2, 0.25) is 0 Å². The molecule has 1 heterocycles.